The van der Waals surface area contributed by atoms with Gasteiger partial charge in [0.05, 0.1) is 4.90 Å². The molecular weight excluding hydrogens is 282 g/mol. The molecule has 0 aliphatic carbocycles. The Kier molecular flexibility index (Phi) is 3.31. The lowest BCUT2D eigenvalue weighted by atomic mass is 10.3. The van der Waals surface area contributed by atoms with Gasteiger partial charge in [-0.1, -0.05) is 59.0 Å². The summed E-state index contributed by atoms with van der Waals surface area (Å²) >= 11 is 9.48. The predicted octanol–water partition coefficient (Wildman–Crippen LogP) is 4.58. The third kappa shape index (κ3) is 2.27. The fourth-order valence-electron chi connectivity index (χ4n) is 1.83. The molecule has 0 spiro atoms. The molecule has 0 saturated carbocycles. The predicted molar refractivity (Wildman–Crippen MR) is 79.9 cm³/mol. The third-order valence-corrected chi connectivity index (χ3v) is 5.18. The van der Waals surface area contributed by atoms with Crippen LogP contribution < -0.4 is 5.73 Å². The van der Waals surface area contributed by atoms with Crippen LogP contribution in [-0.2, 0) is 0 Å². The summed E-state index contributed by atoms with van der Waals surface area (Å²) in [5.41, 5.74) is 4.14. The quantitative estimate of drug-likeness (QED) is 0.735. The number of thiophene rings is 1. The first-order valence-corrected chi connectivity index (χ1v) is 7.52. The number of hydrogen-bond donors (Lipinski definition) is 1. The molecule has 1 nitrogen and oxygen atoms in total. The Morgan fingerprint density at radius 1 is 1.06 bits per heavy atom. The molecular formula is C14H11ClNS2+. The van der Waals surface area contributed by atoms with Crippen LogP contribution in [0, 0.1) is 0 Å². The monoisotopic (exact) mass is 292 g/mol. The van der Waals surface area contributed by atoms with Crippen LogP contribution in [0.2, 0.25) is 5.02 Å². The Morgan fingerprint density at radius 3 is 2.72 bits per heavy atom. The van der Waals surface area contributed by atoms with Crippen LogP contribution in [-0.4, -0.2) is 0 Å². The number of quaternary nitrogens is 1. The second-order valence-corrected chi connectivity index (χ2v) is 6.57. The summed E-state index contributed by atoms with van der Waals surface area (Å²) in [5, 5.41) is 3.16. The van der Waals surface area contributed by atoms with Crippen molar-refractivity contribution in [1.82, 2.24) is 0 Å². The van der Waals surface area contributed by atoms with Crippen LogP contribution in [0.5, 0.6) is 0 Å². The van der Waals surface area contributed by atoms with E-state index in [0.29, 0.717) is 0 Å². The van der Waals surface area contributed by atoms with Crippen molar-refractivity contribution in [2.45, 2.75) is 9.79 Å². The fourth-order valence-corrected chi connectivity index (χ4v) is 4.27. The van der Waals surface area contributed by atoms with Crippen molar-refractivity contribution in [3.05, 3.63) is 53.6 Å². The molecule has 0 fully saturated rings. The zero-order chi connectivity index (χ0) is 12.5. The Hall–Kier alpha value is -1.00. The highest BCUT2D eigenvalue weighted by atomic mass is 35.5. The molecule has 0 saturated heterocycles. The Labute approximate surface area is 119 Å². The van der Waals surface area contributed by atoms with E-state index in [1.165, 1.54) is 15.0 Å². The van der Waals surface area contributed by atoms with Crippen molar-refractivity contribution >= 4 is 49.8 Å². The minimum atomic E-state index is 0.769. The van der Waals surface area contributed by atoms with Crippen molar-refractivity contribution in [2.24, 2.45) is 0 Å². The molecule has 0 aliphatic heterocycles. The summed E-state index contributed by atoms with van der Waals surface area (Å²) in [4.78, 5) is 2.38. The molecule has 0 atom stereocenters. The summed E-state index contributed by atoms with van der Waals surface area (Å²) in [7, 11) is 0. The number of rotatable bonds is 2. The molecule has 0 radical (unpaired) electrons. The maximum absolute atomic E-state index is 6.02. The first kappa shape index (κ1) is 12.1. The maximum atomic E-state index is 6.02. The number of benzene rings is 2. The van der Waals surface area contributed by atoms with Gasteiger partial charge in [-0.05, 0) is 24.3 Å². The van der Waals surface area contributed by atoms with Crippen molar-refractivity contribution < 1.29 is 5.73 Å². The fraction of sp³-hybridized carbons (Fsp3) is 0. The van der Waals surface area contributed by atoms with Gasteiger partial charge in [0, 0.05) is 20.0 Å². The van der Waals surface area contributed by atoms with E-state index in [0.717, 1.165) is 14.9 Å². The Morgan fingerprint density at radius 2 is 1.89 bits per heavy atom. The van der Waals surface area contributed by atoms with E-state index in [1.807, 2.05) is 18.2 Å². The first-order valence-electron chi connectivity index (χ1n) is 5.51. The zero-order valence-electron chi connectivity index (χ0n) is 9.52. The molecule has 90 valence electrons. The lowest BCUT2D eigenvalue weighted by Gasteiger charge is -2.00. The number of halogens is 1. The number of fused-ring (bicyclic) bond motifs is 1. The summed E-state index contributed by atoms with van der Waals surface area (Å²) in [6.07, 6.45) is 0. The van der Waals surface area contributed by atoms with Crippen LogP contribution in [0.25, 0.3) is 10.1 Å². The van der Waals surface area contributed by atoms with Gasteiger partial charge in [-0.2, -0.15) is 0 Å². The van der Waals surface area contributed by atoms with E-state index in [1.54, 1.807) is 23.1 Å². The molecule has 3 rings (SSSR count). The van der Waals surface area contributed by atoms with Gasteiger partial charge in [0.1, 0.15) is 0 Å². The van der Waals surface area contributed by atoms with Gasteiger partial charge in [0.25, 0.3) is 0 Å². The highest BCUT2D eigenvalue weighted by molar-refractivity contribution is 8.00. The van der Waals surface area contributed by atoms with E-state index in [2.05, 4.69) is 36.1 Å². The molecule has 0 unspecified atom stereocenters. The van der Waals surface area contributed by atoms with E-state index in [-0.39, 0.29) is 0 Å². The van der Waals surface area contributed by atoms with Crippen LogP contribution in [0.4, 0.5) is 5.00 Å². The number of hydrogen-bond acceptors (Lipinski definition) is 2. The van der Waals surface area contributed by atoms with Crippen molar-refractivity contribution in [1.29, 1.82) is 0 Å². The summed E-state index contributed by atoms with van der Waals surface area (Å²) < 4.78 is 1.28. The van der Waals surface area contributed by atoms with Gasteiger partial charge in [-0.15, -0.1) is 0 Å². The van der Waals surface area contributed by atoms with E-state index in [4.69, 9.17) is 11.6 Å². The van der Waals surface area contributed by atoms with Gasteiger partial charge < -0.3 is 5.73 Å². The van der Waals surface area contributed by atoms with Crippen LogP contribution in [0.1, 0.15) is 0 Å². The molecule has 0 aliphatic rings. The molecule has 1 aromatic heterocycles. The van der Waals surface area contributed by atoms with E-state index < -0.39 is 0 Å². The smallest absolute Gasteiger partial charge is 0.198 e. The van der Waals surface area contributed by atoms with Gasteiger partial charge in [0.15, 0.2) is 5.00 Å². The van der Waals surface area contributed by atoms with Gasteiger partial charge in [-0.25, -0.2) is 0 Å². The summed E-state index contributed by atoms with van der Waals surface area (Å²) in [6, 6.07) is 16.3. The van der Waals surface area contributed by atoms with Crippen molar-refractivity contribution in [3.63, 3.8) is 0 Å². The van der Waals surface area contributed by atoms with Gasteiger partial charge in [-0.3, -0.25) is 0 Å². The molecule has 3 aromatic rings. The summed E-state index contributed by atoms with van der Waals surface area (Å²) in [5.74, 6) is 0. The van der Waals surface area contributed by atoms with Crippen LogP contribution in [0.15, 0.2) is 58.3 Å². The normalized spacial score (nSPS) is 11.0. The minimum Gasteiger partial charge on any atom is -0.315 e. The van der Waals surface area contributed by atoms with E-state index in [9.17, 15) is 0 Å². The molecule has 3 N–H and O–H groups in total. The minimum absolute atomic E-state index is 0.769. The zero-order valence-corrected chi connectivity index (χ0v) is 11.9. The molecule has 4 heteroatoms. The maximum Gasteiger partial charge on any atom is 0.198 e. The largest absolute Gasteiger partial charge is 0.315 e. The van der Waals surface area contributed by atoms with Gasteiger partial charge in [0.2, 0.25) is 0 Å². The second kappa shape index (κ2) is 4.94. The molecule has 18 heavy (non-hydrogen) atoms. The van der Waals surface area contributed by atoms with Crippen LogP contribution >= 0.6 is 34.7 Å². The summed E-state index contributed by atoms with van der Waals surface area (Å²) in [6.45, 7) is 0. The average molecular weight is 293 g/mol. The molecule has 1 heterocycles. The van der Waals surface area contributed by atoms with Crippen molar-refractivity contribution in [2.75, 3.05) is 0 Å². The Balaban J connectivity index is 2.07. The van der Waals surface area contributed by atoms with E-state index >= 15 is 0 Å². The topological polar surface area (TPSA) is 27.6 Å². The molecule has 0 bridgehead atoms. The standard InChI is InChI=1S/C14H10ClNS2/c15-9-4-3-5-10(8-9)17-13-11-6-1-2-7-12(11)18-14(13)16/h1-8H,16H2/p+1. The Bertz CT molecular complexity index is 706. The lowest BCUT2D eigenvalue weighted by molar-refractivity contribution is -0.252. The molecule has 2 aromatic carbocycles. The average Bonchev–Trinajstić information content (AvgIpc) is 2.66. The highest BCUT2D eigenvalue weighted by Gasteiger charge is 2.13. The first-order chi connectivity index (χ1) is 8.74. The lowest BCUT2D eigenvalue weighted by Crippen LogP contribution is -2.39. The van der Waals surface area contributed by atoms with Gasteiger partial charge >= 0.3 is 0 Å². The molecule has 0 amide bonds. The highest BCUT2D eigenvalue weighted by Crippen LogP contribution is 2.42. The van der Waals surface area contributed by atoms with Crippen LogP contribution in [0.3, 0.4) is 0 Å². The van der Waals surface area contributed by atoms with Crippen molar-refractivity contribution in [3.8, 4) is 0 Å². The SMILES string of the molecule is [NH3+]c1sc2ccccc2c1Sc1cccc(Cl)c1. The second-order valence-electron chi connectivity index (χ2n) is 3.91. The third-order valence-electron chi connectivity index (χ3n) is 2.63.